The maximum Gasteiger partial charge on any atom is 0.349 e. The third-order valence-electron chi connectivity index (χ3n) is 3.48. The van der Waals surface area contributed by atoms with Gasteiger partial charge in [-0.2, -0.15) is 0 Å². The first-order valence-electron chi connectivity index (χ1n) is 6.47. The van der Waals surface area contributed by atoms with Gasteiger partial charge in [0.15, 0.2) is 23.3 Å². The Balaban J connectivity index is 2.54. The van der Waals surface area contributed by atoms with Crippen LogP contribution in [0.2, 0.25) is 0 Å². The highest BCUT2D eigenvalue weighted by Crippen LogP contribution is 2.29. The minimum Gasteiger partial charge on any atom is -0.422 e. The van der Waals surface area contributed by atoms with E-state index >= 15 is 0 Å². The second kappa shape index (κ2) is 5.98. The van der Waals surface area contributed by atoms with Crippen molar-refractivity contribution in [1.29, 1.82) is 0 Å². The second-order valence-corrected chi connectivity index (χ2v) is 4.99. The Morgan fingerprint density at radius 3 is 1.74 bits per heavy atom. The Morgan fingerprint density at radius 2 is 1.22 bits per heavy atom. The minimum absolute atomic E-state index is 0.0129. The monoisotopic (exact) mass is 330 g/mol. The van der Waals surface area contributed by atoms with Crippen LogP contribution < -0.4 is 4.74 Å². The lowest BCUT2D eigenvalue weighted by molar-refractivity contribution is 0.0718. The van der Waals surface area contributed by atoms with E-state index in [9.17, 15) is 26.7 Å². The summed E-state index contributed by atoms with van der Waals surface area (Å²) in [5, 5.41) is 0. The third-order valence-corrected chi connectivity index (χ3v) is 3.48. The topological polar surface area (TPSA) is 26.3 Å². The molecule has 0 aromatic heterocycles. The normalized spacial score (nSPS) is 10.8. The molecule has 2 nitrogen and oxygen atoms in total. The van der Waals surface area contributed by atoms with Gasteiger partial charge in [-0.3, -0.25) is 0 Å². The maximum atomic E-state index is 13.6. The van der Waals surface area contributed by atoms with Gasteiger partial charge in [0, 0.05) is 0 Å². The molecule has 0 N–H and O–H groups in total. The van der Waals surface area contributed by atoms with E-state index in [1.807, 2.05) is 0 Å². The molecule has 7 heteroatoms. The van der Waals surface area contributed by atoms with E-state index < -0.39 is 40.6 Å². The Bertz CT molecular complexity index is 786. The molecule has 0 fully saturated rings. The SMILES string of the molecule is Cc1ccc(C)c(OC(=O)c2c(F)c(F)c(F)c(F)c2F)c1C. The Hall–Kier alpha value is -2.44. The van der Waals surface area contributed by atoms with Gasteiger partial charge in [-0.05, 0) is 37.5 Å². The van der Waals surface area contributed by atoms with Crippen molar-refractivity contribution in [3.05, 3.63) is 63.5 Å². The molecule has 0 saturated heterocycles. The van der Waals surface area contributed by atoms with Crippen molar-refractivity contribution in [1.82, 2.24) is 0 Å². The zero-order valence-corrected chi connectivity index (χ0v) is 12.4. The van der Waals surface area contributed by atoms with Gasteiger partial charge < -0.3 is 4.74 Å². The molecule has 0 unspecified atom stereocenters. The van der Waals surface area contributed by atoms with Gasteiger partial charge in [0.25, 0.3) is 0 Å². The summed E-state index contributed by atoms with van der Waals surface area (Å²) in [6, 6.07) is 3.34. The fourth-order valence-corrected chi connectivity index (χ4v) is 2.01. The number of hydrogen-bond donors (Lipinski definition) is 0. The van der Waals surface area contributed by atoms with E-state index in [4.69, 9.17) is 4.74 Å². The highest BCUT2D eigenvalue weighted by atomic mass is 19.2. The lowest BCUT2D eigenvalue weighted by Gasteiger charge is -2.13. The highest BCUT2D eigenvalue weighted by Gasteiger charge is 2.31. The van der Waals surface area contributed by atoms with Gasteiger partial charge in [0.1, 0.15) is 11.3 Å². The molecular weight excluding hydrogens is 319 g/mol. The fourth-order valence-electron chi connectivity index (χ4n) is 2.01. The van der Waals surface area contributed by atoms with Crippen LogP contribution in [0.15, 0.2) is 12.1 Å². The van der Waals surface area contributed by atoms with Crippen LogP contribution in [-0.4, -0.2) is 5.97 Å². The van der Waals surface area contributed by atoms with Gasteiger partial charge in [-0.25, -0.2) is 26.7 Å². The molecule has 122 valence electrons. The molecule has 0 aliphatic carbocycles. The largest absolute Gasteiger partial charge is 0.422 e. The summed E-state index contributed by atoms with van der Waals surface area (Å²) in [7, 11) is 0. The van der Waals surface area contributed by atoms with Crippen LogP contribution in [0.25, 0.3) is 0 Å². The summed E-state index contributed by atoms with van der Waals surface area (Å²) in [4.78, 5) is 11.9. The molecule has 0 radical (unpaired) electrons. The first kappa shape index (κ1) is 16.9. The van der Waals surface area contributed by atoms with Crippen molar-refractivity contribution in [3.8, 4) is 5.75 Å². The number of carbonyl (C=O) groups is 1. The van der Waals surface area contributed by atoms with Crippen LogP contribution >= 0.6 is 0 Å². The van der Waals surface area contributed by atoms with Crippen LogP contribution in [-0.2, 0) is 0 Å². The average molecular weight is 330 g/mol. The van der Waals surface area contributed by atoms with E-state index in [0.717, 1.165) is 5.56 Å². The van der Waals surface area contributed by atoms with E-state index in [1.165, 1.54) is 0 Å². The Labute approximate surface area is 128 Å². The standard InChI is InChI=1S/C16H11F5O2/c1-6-4-5-7(2)15(8(6)3)23-16(22)9-10(17)12(19)14(21)13(20)11(9)18/h4-5H,1-3H3. The molecule has 0 aliphatic heterocycles. The maximum absolute atomic E-state index is 13.6. The predicted octanol–water partition coefficient (Wildman–Crippen LogP) is 4.53. The van der Waals surface area contributed by atoms with Crippen molar-refractivity contribution in [2.45, 2.75) is 20.8 Å². The van der Waals surface area contributed by atoms with Crippen molar-refractivity contribution in [2.24, 2.45) is 0 Å². The van der Waals surface area contributed by atoms with Crippen LogP contribution in [0.1, 0.15) is 27.0 Å². The van der Waals surface area contributed by atoms with Crippen molar-refractivity contribution < 1.29 is 31.5 Å². The number of rotatable bonds is 2. The van der Waals surface area contributed by atoms with Gasteiger partial charge in [0.05, 0.1) is 0 Å². The Morgan fingerprint density at radius 1 is 0.783 bits per heavy atom. The smallest absolute Gasteiger partial charge is 0.349 e. The predicted molar refractivity (Wildman–Crippen MR) is 71.8 cm³/mol. The second-order valence-electron chi connectivity index (χ2n) is 4.99. The molecule has 0 heterocycles. The molecule has 2 aromatic carbocycles. The molecule has 0 bridgehead atoms. The molecule has 0 saturated carbocycles. The van der Waals surface area contributed by atoms with Crippen molar-refractivity contribution in [2.75, 3.05) is 0 Å². The number of ether oxygens (including phenoxy) is 1. The number of esters is 1. The van der Waals surface area contributed by atoms with Crippen molar-refractivity contribution in [3.63, 3.8) is 0 Å². The Kier molecular flexibility index (Phi) is 4.40. The van der Waals surface area contributed by atoms with E-state index in [-0.39, 0.29) is 5.75 Å². The van der Waals surface area contributed by atoms with E-state index in [0.29, 0.717) is 11.1 Å². The molecule has 0 aliphatic rings. The van der Waals surface area contributed by atoms with Gasteiger partial charge in [-0.15, -0.1) is 0 Å². The molecular formula is C16H11F5O2. The number of benzene rings is 2. The molecule has 2 rings (SSSR count). The van der Waals surface area contributed by atoms with E-state index in [1.54, 1.807) is 32.9 Å². The summed E-state index contributed by atoms with van der Waals surface area (Å²) < 4.78 is 71.4. The summed E-state index contributed by atoms with van der Waals surface area (Å²) in [5.74, 6) is -12.8. The zero-order valence-electron chi connectivity index (χ0n) is 12.4. The minimum atomic E-state index is -2.33. The number of hydrogen-bond acceptors (Lipinski definition) is 2. The van der Waals surface area contributed by atoms with Crippen LogP contribution in [0.3, 0.4) is 0 Å². The van der Waals surface area contributed by atoms with Crippen LogP contribution in [0.5, 0.6) is 5.75 Å². The van der Waals surface area contributed by atoms with Crippen LogP contribution in [0, 0.1) is 49.9 Å². The lowest BCUT2D eigenvalue weighted by atomic mass is 10.1. The summed E-state index contributed by atoms with van der Waals surface area (Å²) >= 11 is 0. The molecule has 0 amide bonds. The summed E-state index contributed by atoms with van der Waals surface area (Å²) in [6.45, 7) is 4.89. The number of carbonyl (C=O) groups excluding carboxylic acids is 1. The quantitative estimate of drug-likeness (QED) is 0.266. The number of aryl methyl sites for hydroxylation is 2. The van der Waals surface area contributed by atoms with Gasteiger partial charge >= 0.3 is 5.97 Å². The molecule has 23 heavy (non-hydrogen) atoms. The fraction of sp³-hybridized carbons (Fsp3) is 0.188. The lowest BCUT2D eigenvalue weighted by Crippen LogP contribution is -2.18. The molecule has 0 spiro atoms. The van der Waals surface area contributed by atoms with Crippen molar-refractivity contribution >= 4 is 5.97 Å². The molecule has 2 aromatic rings. The number of halogens is 5. The first-order valence-corrected chi connectivity index (χ1v) is 6.47. The first-order chi connectivity index (χ1) is 10.7. The van der Waals surface area contributed by atoms with Gasteiger partial charge in [-0.1, -0.05) is 12.1 Å². The zero-order chi connectivity index (χ0) is 17.5. The highest BCUT2D eigenvalue weighted by molar-refractivity contribution is 5.92. The van der Waals surface area contributed by atoms with Crippen LogP contribution in [0.4, 0.5) is 22.0 Å². The molecule has 0 atom stereocenters. The average Bonchev–Trinajstić information content (AvgIpc) is 2.51. The van der Waals surface area contributed by atoms with E-state index in [2.05, 4.69) is 0 Å². The third kappa shape index (κ3) is 2.78. The summed E-state index contributed by atoms with van der Waals surface area (Å²) in [5.41, 5.74) is 0.102. The summed E-state index contributed by atoms with van der Waals surface area (Å²) in [6.07, 6.45) is 0. The van der Waals surface area contributed by atoms with Gasteiger partial charge in [0.2, 0.25) is 5.82 Å².